The van der Waals surface area contributed by atoms with Crippen molar-refractivity contribution in [2.45, 2.75) is 32.4 Å². The quantitative estimate of drug-likeness (QED) is 0.786. The number of benzene rings is 1. The van der Waals surface area contributed by atoms with Crippen LogP contribution in [0.15, 0.2) is 30.3 Å². The molecule has 0 saturated carbocycles. The SMILES string of the molecule is CC[C@@H](NC(=O)C(C)N)c1ccccc1. The first-order valence-electron chi connectivity index (χ1n) is 5.26. The van der Waals surface area contributed by atoms with Gasteiger partial charge in [-0.25, -0.2) is 0 Å². The van der Waals surface area contributed by atoms with Gasteiger partial charge in [-0.15, -0.1) is 0 Å². The Kier molecular flexibility index (Phi) is 4.31. The van der Waals surface area contributed by atoms with Crippen molar-refractivity contribution < 1.29 is 4.79 Å². The summed E-state index contributed by atoms with van der Waals surface area (Å²) < 4.78 is 0. The average molecular weight is 206 g/mol. The highest BCUT2D eigenvalue weighted by Crippen LogP contribution is 2.15. The fourth-order valence-electron chi connectivity index (χ4n) is 1.41. The van der Waals surface area contributed by atoms with Gasteiger partial charge in [-0.3, -0.25) is 4.79 Å². The van der Waals surface area contributed by atoms with Gasteiger partial charge < -0.3 is 11.1 Å². The molecule has 2 atom stereocenters. The van der Waals surface area contributed by atoms with E-state index in [0.717, 1.165) is 12.0 Å². The fraction of sp³-hybridized carbons (Fsp3) is 0.417. The lowest BCUT2D eigenvalue weighted by atomic mass is 10.0. The summed E-state index contributed by atoms with van der Waals surface area (Å²) in [6, 6.07) is 9.52. The van der Waals surface area contributed by atoms with Crippen LogP contribution >= 0.6 is 0 Å². The third kappa shape index (κ3) is 3.36. The van der Waals surface area contributed by atoms with Crippen LogP contribution in [0, 0.1) is 0 Å². The van der Waals surface area contributed by atoms with Gasteiger partial charge in [0.15, 0.2) is 0 Å². The molecule has 0 aliphatic rings. The summed E-state index contributed by atoms with van der Waals surface area (Å²) in [5, 5.41) is 2.92. The Morgan fingerprint density at radius 1 is 1.40 bits per heavy atom. The Balaban J connectivity index is 2.69. The van der Waals surface area contributed by atoms with Crippen molar-refractivity contribution >= 4 is 5.91 Å². The number of nitrogens with two attached hydrogens (primary N) is 1. The molecule has 1 rings (SSSR count). The minimum absolute atomic E-state index is 0.0599. The predicted octanol–water partition coefficient (Wildman–Crippen LogP) is 1.60. The van der Waals surface area contributed by atoms with E-state index in [1.165, 1.54) is 0 Å². The lowest BCUT2D eigenvalue weighted by molar-refractivity contribution is -0.122. The number of nitrogens with one attached hydrogen (secondary N) is 1. The topological polar surface area (TPSA) is 55.1 Å². The van der Waals surface area contributed by atoms with Crippen LogP contribution < -0.4 is 11.1 Å². The molecular formula is C12H18N2O. The second kappa shape index (κ2) is 5.51. The van der Waals surface area contributed by atoms with E-state index in [1.54, 1.807) is 6.92 Å². The molecule has 0 radical (unpaired) electrons. The van der Waals surface area contributed by atoms with Crippen molar-refractivity contribution in [2.75, 3.05) is 0 Å². The molecule has 1 amide bonds. The molecule has 1 unspecified atom stereocenters. The summed E-state index contributed by atoms with van der Waals surface area (Å²) in [6.45, 7) is 3.73. The molecule has 0 bridgehead atoms. The van der Waals surface area contributed by atoms with Crippen LogP contribution in [-0.4, -0.2) is 11.9 Å². The van der Waals surface area contributed by atoms with Gasteiger partial charge in [-0.05, 0) is 18.9 Å². The Bertz CT molecular complexity index is 309. The summed E-state index contributed by atoms with van der Waals surface area (Å²) >= 11 is 0. The highest BCUT2D eigenvalue weighted by molar-refractivity contribution is 5.81. The molecule has 0 fully saturated rings. The van der Waals surface area contributed by atoms with Crippen LogP contribution in [-0.2, 0) is 4.79 Å². The van der Waals surface area contributed by atoms with Crippen molar-refractivity contribution in [3.63, 3.8) is 0 Å². The Hall–Kier alpha value is -1.35. The van der Waals surface area contributed by atoms with Crippen molar-refractivity contribution in [1.82, 2.24) is 5.32 Å². The molecule has 3 N–H and O–H groups in total. The molecule has 1 aromatic carbocycles. The fourth-order valence-corrected chi connectivity index (χ4v) is 1.41. The largest absolute Gasteiger partial charge is 0.348 e. The zero-order valence-corrected chi connectivity index (χ0v) is 9.23. The van der Waals surface area contributed by atoms with Crippen molar-refractivity contribution in [3.8, 4) is 0 Å². The molecule has 15 heavy (non-hydrogen) atoms. The first-order chi connectivity index (χ1) is 7.15. The van der Waals surface area contributed by atoms with E-state index in [-0.39, 0.29) is 11.9 Å². The number of hydrogen-bond acceptors (Lipinski definition) is 2. The normalized spacial score (nSPS) is 14.3. The van der Waals surface area contributed by atoms with Crippen LogP contribution in [0.25, 0.3) is 0 Å². The van der Waals surface area contributed by atoms with Gasteiger partial charge in [0.05, 0.1) is 12.1 Å². The van der Waals surface area contributed by atoms with Crippen LogP contribution in [0.5, 0.6) is 0 Å². The molecular weight excluding hydrogens is 188 g/mol. The molecule has 3 nitrogen and oxygen atoms in total. The molecule has 0 aromatic heterocycles. The molecule has 0 saturated heterocycles. The highest BCUT2D eigenvalue weighted by atomic mass is 16.2. The van der Waals surface area contributed by atoms with E-state index in [0.29, 0.717) is 0 Å². The van der Waals surface area contributed by atoms with E-state index in [9.17, 15) is 4.79 Å². The molecule has 0 spiro atoms. The van der Waals surface area contributed by atoms with Crippen LogP contribution in [0.2, 0.25) is 0 Å². The Morgan fingerprint density at radius 2 is 2.00 bits per heavy atom. The molecule has 1 aromatic rings. The van der Waals surface area contributed by atoms with Crippen molar-refractivity contribution in [3.05, 3.63) is 35.9 Å². The van der Waals surface area contributed by atoms with Gasteiger partial charge in [0.25, 0.3) is 0 Å². The van der Waals surface area contributed by atoms with Gasteiger partial charge in [-0.1, -0.05) is 37.3 Å². The molecule has 82 valence electrons. The highest BCUT2D eigenvalue weighted by Gasteiger charge is 2.14. The molecule has 0 aliphatic carbocycles. The third-order valence-electron chi connectivity index (χ3n) is 2.34. The van der Waals surface area contributed by atoms with Crippen LogP contribution in [0.3, 0.4) is 0 Å². The summed E-state index contributed by atoms with van der Waals surface area (Å²) in [6.07, 6.45) is 0.864. The second-order valence-electron chi connectivity index (χ2n) is 3.67. The Morgan fingerprint density at radius 3 is 2.47 bits per heavy atom. The lowest BCUT2D eigenvalue weighted by Crippen LogP contribution is -2.40. The monoisotopic (exact) mass is 206 g/mol. The minimum Gasteiger partial charge on any atom is -0.348 e. The number of rotatable bonds is 4. The first-order valence-corrected chi connectivity index (χ1v) is 5.26. The maximum absolute atomic E-state index is 11.4. The summed E-state index contributed by atoms with van der Waals surface area (Å²) in [4.78, 5) is 11.4. The number of amides is 1. The van der Waals surface area contributed by atoms with Gasteiger partial charge >= 0.3 is 0 Å². The molecule has 0 heterocycles. The van der Waals surface area contributed by atoms with E-state index >= 15 is 0 Å². The van der Waals surface area contributed by atoms with E-state index in [2.05, 4.69) is 5.32 Å². The van der Waals surface area contributed by atoms with Crippen molar-refractivity contribution in [1.29, 1.82) is 0 Å². The van der Waals surface area contributed by atoms with Crippen LogP contribution in [0.1, 0.15) is 31.9 Å². The molecule has 3 heteroatoms. The Labute approximate surface area is 90.7 Å². The second-order valence-corrected chi connectivity index (χ2v) is 3.67. The maximum atomic E-state index is 11.4. The zero-order chi connectivity index (χ0) is 11.3. The third-order valence-corrected chi connectivity index (χ3v) is 2.34. The van der Waals surface area contributed by atoms with Gasteiger partial charge in [-0.2, -0.15) is 0 Å². The van der Waals surface area contributed by atoms with Gasteiger partial charge in [0, 0.05) is 0 Å². The number of carbonyl (C=O) groups is 1. The van der Waals surface area contributed by atoms with Crippen molar-refractivity contribution in [2.24, 2.45) is 5.73 Å². The molecule has 0 aliphatic heterocycles. The number of carbonyl (C=O) groups excluding carboxylic acids is 1. The van der Waals surface area contributed by atoms with E-state index in [4.69, 9.17) is 5.73 Å². The minimum atomic E-state index is -0.456. The smallest absolute Gasteiger partial charge is 0.237 e. The first kappa shape index (κ1) is 11.7. The maximum Gasteiger partial charge on any atom is 0.237 e. The van der Waals surface area contributed by atoms with E-state index < -0.39 is 6.04 Å². The van der Waals surface area contributed by atoms with Gasteiger partial charge in [0.2, 0.25) is 5.91 Å². The summed E-state index contributed by atoms with van der Waals surface area (Å²) in [7, 11) is 0. The standard InChI is InChI=1S/C12H18N2O/c1-3-11(14-12(15)9(2)13)10-7-5-4-6-8-10/h4-9,11H,3,13H2,1-2H3,(H,14,15)/t9?,11-/m1/s1. The number of hydrogen-bond donors (Lipinski definition) is 2. The van der Waals surface area contributed by atoms with Gasteiger partial charge in [0.1, 0.15) is 0 Å². The predicted molar refractivity (Wildman–Crippen MR) is 61.3 cm³/mol. The summed E-state index contributed by atoms with van der Waals surface area (Å²) in [5.41, 5.74) is 6.62. The average Bonchev–Trinajstić information content (AvgIpc) is 2.26. The summed E-state index contributed by atoms with van der Waals surface area (Å²) in [5.74, 6) is -0.106. The van der Waals surface area contributed by atoms with E-state index in [1.807, 2.05) is 37.3 Å². The zero-order valence-electron chi connectivity index (χ0n) is 9.23. The van der Waals surface area contributed by atoms with Crippen LogP contribution in [0.4, 0.5) is 0 Å². The lowest BCUT2D eigenvalue weighted by Gasteiger charge is -2.18.